The van der Waals surface area contributed by atoms with Crippen molar-refractivity contribution >= 4 is 11.9 Å². The van der Waals surface area contributed by atoms with Crippen LogP contribution in [-0.4, -0.2) is 49.8 Å². The third kappa shape index (κ3) is 1.63. The van der Waals surface area contributed by atoms with E-state index in [1.54, 1.807) is 0 Å². The zero-order chi connectivity index (χ0) is 11.9. The van der Waals surface area contributed by atoms with E-state index in [4.69, 9.17) is 5.73 Å². The number of carbonyl (C=O) groups excluding carboxylic acids is 1. The Labute approximate surface area is 92.7 Å². The van der Waals surface area contributed by atoms with E-state index in [0.717, 1.165) is 0 Å². The number of β-amino-alcohol motifs (C(OH)–C–C–N with tert-alkyl or cyclic N) is 1. The lowest BCUT2D eigenvalue weighted by Gasteiger charge is -2.48. The smallest absolute Gasteiger partial charge is 0.291 e. The zero-order valence-corrected chi connectivity index (χ0v) is 9.27. The summed E-state index contributed by atoms with van der Waals surface area (Å²) in [6, 6.07) is 0. The first-order valence-electron chi connectivity index (χ1n) is 5.12. The van der Waals surface area contributed by atoms with E-state index in [0.29, 0.717) is 13.1 Å². The van der Waals surface area contributed by atoms with Crippen LogP contribution in [0.3, 0.4) is 0 Å². The van der Waals surface area contributed by atoms with Crippen molar-refractivity contribution in [1.29, 1.82) is 0 Å². The zero-order valence-electron chi connectivity index (χ0n) is 9.27. The molecule has 7 heteroatoms. The molecule has 0 bridgehead atoms. The van der Waals surface area contributed by atoms with Crippen LogP contribution in [0.4, 0.5) is 5.95 Å². The minimum Gasteiger partial charge on any atom is -0.386 e. The number of hydrogen-bond donors (Lipinski definition) is 3. The number of nitrogens with two attached hydrogens (primary N) is 1. The molecule has 7 nitrogen and oxygen atoms in total. The average molecular weight is 225 g/mol. The fraction of sp³-hybridized carbons (Fsp3) is 0.667. The van der Waals surface area contributed by atoms with Crippen LogP contribution in [0.1, 0.15) is 24.5 Å². The molecule has 0 saturated carbocycles. The molecule has 0 unspecified atom stereocenters. The largest absolute Gasteiger partial charge is 0.386 e. The second-order valence-electron chi connectivity index (χ2n) is 4.46. The summed E-state index contributed by atoms with van der Waals surface area (Å²) in [5.74, 6) is -0.00262. The maximum absolute atomic E-state index is 11.8. The molecule has 1 aliphatic rings. The lowest BCUT2D eigenvalue weighted by Crippen LogP contribution is -2.66. The number of aromatic amines is 1. The predicted molar refractivity (Wildman–Crippen MR) is 56.5 cm³/mol. The number of anilines is 1. The van der Waals surface area contributed by atoms with Gasteiger partial charge in [-0.25, -0.2) is 0 Å². The van der Waals surface area contributed by atoms with Crippen LogP contribution in [0.5, 0.6) is 0 Å². The molecule has 0 aliphatic carbocycles. The average Bonchev–Trinajstić information content (AvgIpc) is 2.58. The van der Waals surface area contributed by atoms with Gasteiger partial charge in [0, 0.05) is 0 Å². The Kier molecular flexibility index (Phi) is 2.34. The van der Waals surface area contributed by atoms with Crippen LogP contribution in [0.25, 0.3) is 0 Å². The highest BCUT2D eigenvalue weighted by molar-refractivity contribution is 5.91. The monoisotopic (exact) mass is 225 g/mol. The molecule has 2 heterocycles. The molecular weight excluding hydrogens is 210 g/mol. The molecule has 1 aliphatic heterocycles. The molecule has 2 rings (SSSR count). The molecule has 1 aromatic rings. The van der Waals surface area contributed by atoms with Crippen molar-refractivity contribution < 1.29 is 9.90 Å². The molecule has 1 saturated heterocycles. The molecule has 16 heavy (non-hydrogen) atoms. The third-order valence-corrected chi connectivity index (χ3v) is 3.00. The highest BCUT2D eigenvalue weighted by Gasteiger charge is 2.46. The van der Waals surface area contributed by atoms with Crippen LogP contribution >= 0.6 is 0 Å². The molecule has 1 amide bonds. The Bertz CT molecular complexity index is 408. The van der Waals surface area contributed by atoms with Gasteiger partial charge >= 0.3 is 0 Å². The van der Waals surface area contributed by atoms with Gasteiger partial charge in [0.1, 0.15) is 5.60 Å². The predicted octanol–water partition coefficient (Wildman–Crippen LogP) is -0.770. The summed E-state index contributed by atoms with van der Waals surface area (Å²) in [7, 11) is 0. The van der Waals surface area contributed by atoms with Gasteiger partial charge in [-0.1, -0.05) is 13.8 Å². The van der Waals surface area contributed by atoms with E-state index in [1.807, 2.05) is 13.8 Å². The quantitative estimate of drug-likeness (QED) is 0.612. The minimum atomic E-state index is -0.777. The van der Waals surface area contributed by atoms with Crippen LogP contribution in [-0.2, 0) is 0 Å². The molecule has 4 N–H and O–H groups in total. The first-order valence-corrected chi connectivity index (χ1v) is 5.12. The second-order valence-corrected chi connectivity index (χ2v) is 4.46. The molecule has 1 aromatic heterocycles. The van der Waals surface area contributed by atoms with E-state index in [2.05, 4.69) is 15.2 Å². The van der Waals surface area contributed by atoms with E-state index in [1.165, 1.54) is 4.90 Å². The van der Waals surface area contributed by atoms with Crippen molar-refractivity contribution in [1.82, 2.24) is 20.1 Å². The number of nitrogens with zero attached hydrogens (tertiary/aromatic N) is 3. The second kappa shape index (κ2) is 3.44. The molecule has 88 valence electrons. The van der Waals surface area contributed by atoms with Crippen molar-refractivity contribution in [3.63, 3.8) is 0 Å². The summed E-state index contributed by atoms with van der Waals surface area (Å²) in [5.41, 5.74) is 4.53. The summed E-state index contributed by atoms with van der Waals surface area (Å²) in [5, 5.41) is 16.0. The molecule has 0 radical (unpaired) electrons. The number of aliphatic hydroxyl groups is 1. The number of H-pyrrole nitrogens is 1. The third-order valence-electron chi connectivity index (χ3n) is 3.00. The first-order chi connectivity index (χ1) is 7.42. The lowest BCUT2D eigenvalue weighted by atomic mass is 9.83. The standard InChI is InChI=1S/C9H15N5O2/c1-5(2)9(16)3-14(4-9)7(15)6-11-8(10)13-12-6/h5,16H,3-4H2,1-2H3,(H3,10,11,12,13). The maximum atomic E-state index is 11.8. The Morgan fingerprint density at radius 1 is 1.62 bits per heavy atom. The summed E-state index contributed by atoms with van der Waals surface area (Å²) < 4.78 is 0. The highest BCUT2D eigenvalue weighted by Crippen LogP contribution is 2.29. The van der Waals surface area contributed by atoms with Crippen molar-refractivity contribution in [2.45, 2.75) is 19.4 Å². The van der Waals surface area contributed by atoms with Gasteiger partial charge in [-0.05, 0) is 5.92 Å². The Hall–Kier alpha value is -1.63. The number of aromatic nitrogens is 3. The van der Waals surface area contributed by atoms with E-state index < -0.39 is 5.60 Å². The van der Waals surface area contributed by atoms with Crippen LogP contribution in [0.15, 0.2) is 0 Å². The fourth-order valence-corrected chi connectivity index (χ4v) is 1.64. The summed E-state index contributed by atoms with van der Waals surface area (Å²) in [6.45, 7) is 4.50. The van der Waals surface area contributed by atoms with Gasteiger partial charge in [-0.2, -0.15) is 4.98 Å². The van der Waals surface area contributed by atoms with Gasteiger partial charge in [0.25, 0.3) is 5.91 Å². The Morgan fingerprint density at radius 3 is 2.69 bits per heavy atom. The topological polar surface area (TPSA) is 108 Å². The minimum absolute atomic E-state index is 0.0444. The maximum Gasteiger partial charge on any atom is 0.291 e. The van der Waals surface area contributed by atoms with Gasteiger partial charge in [0.05, 0.1) is 13.1 Å². The first kappa shape index (κ1) is 10.9. The van der Waals surface area contributed by atoms with Gasteiger partial charge in [-0.15, -0.1) is 5.10 Å². The number of carbonyl (C=O) groups is 1. The SMILES string of the molecule is CC(C)C1(O)CN(C(=O)c2nc(N)n[nH]2)C1. The van der Waals surface area contributed by atoms with Gasteiger partial charge in [0.15, 0.2) is 0 Å². The van der Waals surface area contributed by atoms with Gasteiger partial charge < -0.3 is 15.7 Å². The van der Waals surface area contributed by atoms with Crippen LogP contribution in [0, 0.1) is 5.92 Å². The number of hydrogen-bond acceptors (Lipinski definition) is 5. The van der Waals surface area contributed by atoms with Crippen molar-refractivity contribution in [3.8, 4) is 0 Å². The van der Waals surface area contributed by atoms with E-state index in [9.17, 15) is 9.90 Å². The Morgan fingerprint density at radius 2 is 2.25 bits per heavy atom. The highest BCUT2D eigenvalue weighted by atomic mass is 16.3. The lowest BCUT2D eigenvalue weighted by molar-refractivity contribution is -0.111. The Balaban J connectivity index is 2.00. The number of rotatable bonds is 2. The number of nitrogen functional groups attached to an aromatic ring is 1. The van der Waals surface area contributed by atoms with Crippen LogP contribution in [0.2, 0.25) is 0 Å². The van der Waals surface area contributed by atoms with E-state index >= 15 is 0 Å². The molecule has 1 fully saturated rings. The summed E-state index contributed by atoms with van der Waals surface area (Å²) in [4.78, 5) is 17.0. The normalized spacial score (nSPS) is 18.6. The van der Waals surface area contributed by atoms with Crippen molar-refractivity contribution in [2.75, 3.05) is 18.8 Å². The van der Waals surface area contributed by atoms with Crippen molar-refractivity contribution in [2.24, 2.45) is 5.92 Å². The number of likely N-dealkylation sites (tertiary alicyclic amines) is 1. The van der Waals surface area contributed by atoms with Crippen molar-refractivity contribution in [3.05, 3.63) is 5.82 Å². The summed E-state index contributed by atoms with van der Waals surface area (Å²) in [6.07, 6.45) is 0. The number of amides is 1. The van der Waals surface area contributed by atoms with Crippen LogP contribution < -0.4 is 5.73 Å². The summed E-state index contributed by atoms with van der Waals surface area (Å²) >= 11 is 0. The molecular formula is C9H15N5O2. The molecule has 0 aromatic carbocycles. The van der Waals surface area contributed by atoms with Gasteiger partial charge in [0.2, 0.25) is 11.8 Å². The molecule has 0 atom stereocenters. The fourth-order valence-electron chi connectivity index (χ4n) is 1.64. The molecule has 0 spiro atoms. The van der Waals surface area contributed by atoms with Gasteiger partial charge in [-0.3, -0.25) is 9.89 Å². The van der Waals surface area contributed by atoms with E-state index in [-0.39, 0.29) is 23.6 Å². The number of nitrogens with one attached hydrogen (secondary N) is 1.